The van der Waals surface area contributed by atoms with Gasteiger partial charge < -0.3 is 14.8 Å². The lowest BCUT2D eigenvalue weighted by Gasteiger charge is -2.28. The highest BCUT2D eigenvalue weighted by Gasteiger charge is 2.34. The molecule has 42 heavy (non-hydrogen) atoms. The second kappa shape index (κ2) is 17.1. The number of carbonyl (C=O) groups is 2. The van der Waals surface area contributed by atoms with E-state index in [0.29, 0.717) is 25.9 Å². The summed E-state index contributed by atoms with van der Waals surface area (Å²) >= 11 is 0. The molecule has 4 rings (SSSR count). The smallest absolute Gasteiger partial charge is 0.242 e. The number of aromatic nitrogens is 1. The van der Waals surface area contributed by atoms with Crippen molar-refractivity contribution in [2.45, 2.75) is 116 Å². The first kappa shape index (κ1) is 31.8. The molecule has 6 heteroatoms. The molecule has 1 fully saturated rings. The SMILES string of the molecule is CCCCCCCCCCCCCC(=O)N(CC(=O)N(CCc1c[nH]c2ccccc12)Cc1ccc(F)cc1)C1CC1. The van der Waals surface area contributed by atoms with E-state index in [0.717, 1.165) is 47.7 Å². The number of rotatable bonds is 20. The second-order valence-corrected chi connectivity index (χ2v) is 12.1. The first-order valence-electron chi connectivity index (χ1n) is 16.4. The zero-order chi connectivity index (χ0) is 29.6. The van der Waals surface area contributed by atoms with E-state index in [9.17, 15) is 14.0 Å². The third kappa shape index (κ3) is 10.3. The van der Waals surface area contributed by atoms with Crippen LogP contribution in [-0.4, -0.2) is 45.7 Å². The van der Waals surface area contributed by atoms with Gasteiger partial charge in [-0.05, 0) is 55.0 Å². The van der Waals surface area contributed by atoms with Crippen LogP contribution in [0.2, 0.25) is 0 Å². The fourth-order valence-electron chi connectivity index (χ4n) is 5.83. The van der Waals surface area contributed by atoms with Gasteiger partial charge in [0.2, 0.25) is 11.8 Å². The average molecular weight is 576 g/mol. The summed E-state index contributed by atoms with van der Waals surface area (Å²) in [4.78, 5) is 33.9. The molecule has 0 spiro atoms. The molecule has 1 heterocycles. The number of hydrogen-bond acceptors (Lipinski definition) is 2. The van der Waals surface area contributed by atoms with Crippen molar-refractivity contribution >= 4 is 22.7 Å². The van der Waals surface area contributed by atoms with Gasteiger partial charge in [0.15, 0.2) is 0 Å². The largest absolute Gasteiger partial charge is 0.361 e. The van der Waals surface area contributed by atoms with Gasteiger partial charge in [0.05, 0.1) is 0 Å². The van der Waals surface area contributed by atoms with Crippen molar-refractivity contribution in [1.29, 1.82) is 0 Å². The summed E-state index contributed by atoms with van der Waals surface area (Å²) in [6.07, 6.45) is 19.0. The molecule has 2 aromatic carbocycles. The van der Waals surface area contributed by atoms with Crippen LogP contribution >= 0.6 is 0 Å². The van der Waals surface area contributed by atoms with E-state index in [1.54, 1.807) is 12.1 Å². The number of H-pyrrole nitrogens is 1. The van der Waals surface area contributed by atoms with Crippen molar-refractivity contribution in [3.8, 4) is 0 Å². The number of nitrogens with one attached hydrogen (secondary N) is 1. The number of unbranched alkanes of at least 4 members (excludes halogenated alkanes) is 10. The van der Waals surface area contributed by atoms with Gasteiger partial charge >= 0.3 is 0 Å². The minimum atomic E-state index is -0.289. The molecular formula is C36H50FN3O2. The van der Waals surface area contributed by atoms with E-state index in [2.05, 4.69) is 24.0 Å². The van der Waals surface area contributed by atoms with Gasteiger partial charge in [0.1, 0.15) is 12.4 Å². The fourth-order valence-corrected chi connectivity index (χ4v) is 5.83. The lowest BCUT2D eigenvalue weighted by atomic mass is 10.1. The summed E-state index contributed by atoms with van der Waals surface area (Å²) < 4.78 is 13.6. The number of carbonyl (C=O) groups excluding carboxylic acids is 2. The Morgan fingerprint density at radius 2 is 1.48 bits per heavy atom. The molecule has 0 unspecified atom stereocenters. The molecular weight excluding hydrogens is 525 g/mol. The van der Waals surface area contributed by atoms with Crippen molar-refractivity contribution in [1.82, 2.24) is 14.8 Å². The lowest BCUT2D eigenvalue weighted by molar-refractivity contribution is -0.141. The van der Waals surface area contributed by atoms with Gasteiger partial charge in [-0.15, -0.1) is 0 Å². The van der Waals surface area contributed by atoms with Crippen LogP contribution in [0.15, 0.2) is 54.7 Å². The zero-order valence-corrected chi connectivity index (χ0v) is 25.6. The van der Waals surface area contributed by atoms with E-state index < -0.39 is 0 Å². The van der Waals surface area contributed by atoms with E-state index >= 15 is 0 Å². The first-order chi connectivity index (χ1) is 20.5. The van der Waals surface area contributed by atoms with Gasteiger partial charge in [-0.1, -0.05) is 101 Å². The van der Waals surface area contributed by atoms with Gasteiger partial charge in [-0.2, -0.15) is 0 Å². The molecule has 0 radical (unpaired) electrons. The molecule has 2 amide bonds. The molecule has 3 aromatic rings. The predicted octanol–water partition coefficient (Wildman–Crippen LogP) is 8.57. The summed E-state index contributed by atoms with van der Waals surface area (Å²) in [5.74, 6) is -0.221. The Kier molecular flexibility index (Phi) is 12.9. The van der Waals surface area contributed by atoms with Crippen LogP contribution in [0.1, 0.15) is 108 Å². The van der Waals surface area contributed by atoms with Crippen molar-refractivity contribution < 1.29 is 14.0 Å². The summed E-state index contributed by atoms with van der Waals surface area (Å²) in [7, 11) is 0. The molecule has 5 nitrogen and oxygen atoms in total. The van der Waals surface area contributed by atoms with Gasteiger partial charge in [-0.3, -0.25) is 9.59 Å². The monoisotopic (exact) mass is 575 g/mol. The third-order valence-corrected chi connectivity index (χ3v) is 8.57. The van der Waals surface area contributed by atoms with Crippen LogP contribution in [0.25, 0.3) is 10.9 Å². The Hall–Kier alpha value is -3.15. The Bertz CT molecular complexity index is 1230. The lowest BCUT2D eigenvalue weighted by Crippen LogP contribution is -2.44. The first-order valence-corrected chi connectivity index (χ1v) is 16.4. The van der Waals surface area contributed by atoms with Crippen molar-refractivity contribution in [2.24, 2.45) is 0 Å². The Morgan fingerprint density at radius 1 is 0.833 bits per heavy atom. The number of halogens is 1. The Labute approximate surface area is 251 Å². The number of benzene rings is 2. The number of para-hydroxylation sites is 1. The molecule has 1 aliphatic carbocycles. The van der Waals surface area contributed by atoms with Gasteiger partial charge in [0.25, 0.3) is 0 Å². The molecule has 0 saturated heterocycles. The Balaban J connectivity index is 1.27. The minimum Gasteiger partial charge on any atom is -0.361 e. The van der Waals surface area contributed by atoms with Crippen molar-refractivity contribution in [3.05, 3.63) is 71.7 Å². The van der Waals surface area contributed by atoms with Crippen LogP contribution in [0.3, 0.4) is 0 Å². The molecule has 0 bridgehead atoms. The fraction of sp³-hybridized carbons (Fsp3) is 0.556. The summed E-state index contributed by atoms with van der Waals surface area (Å²) in [6, 6.07) is 14.7. The van der Waals surface area contributed by atoms with Crippen LogP contribution in [-0.2, 0) is 22.6 Å². The molecule has 0 aliphatic heterocycles. The quantitative estimate of drug-likeness (QED) is 0.137. The van der Waals surface area contributed by atoms with E-state index in [1.807, 2.05) is 28.1 Å². The standard InChI is InChI=1S/C36H50FN3O2/c1-2-3-4-5-6-7-8-9-10-11-12-17-35(41)40(32-22-23-32)28-36(42)39(27-29-18-20-31(37)21-19-29)25-24-30-26-38-34-16-14-13-15-33(30)34/h13-16,18-21,26,32,38H,2-12,17,22-25,27-28H2,1H3. The predicted molar refractivity (Wildman–Crippen MR) is 170 cm³/mol. The van der Waals surface area contributed by atoms with E-state index in [-0.39, 0.29) is 30.2 Å². The van der Waals surface area contributed by atoms with E-state index in [1.165, 1.54) is 69.9 Å². The molecule has 1 N–H and O–H groups in total. The minimum absolute atomic E-state index is 0.0432. The molecule has 1 aliphatic rings. The van der Waals surface area contributed by atoms with Crippen LogP contribution in [0, 0.1) is 5.82 Å². The Morgan fingerprint density at radius 3 is 2.14 bits per heavy atom. The molecule has 0 atom stereocenters. The highest BCUT2D eigenvalue weighted by Crippen LogP contribution is 2.28. The van der Waals surface area contributed by atoms with Crippen molar-refractivity contribution in [3.63, 3.8) is 0 Å². The zero-order valence-electron chi connectivity index (χ0n) is 25.6. The van der Waals surface area contributed by atoms with Gasteiger partial charge in [0, 0.05) is 42.7 Å². The van der Waals surface area contributed by atoms with E-state index in [4.69, 9.17) is 0 Å². The average Bonchev–Trinajstić information content (AvgIpc) is 3.76. The normalized spacial score (nSPS) is 13.0. The summed E-state index contributed by atoms with van der Waals surface area (Å²) in [6.45, 7) is 3.30. The maximum absolute atomic E-state index is 13.7. The molecule has 1 saturated carbocycles. The summed E-state index contributed by atoms with van der Waals surface area (Å²) in [5.41, 5.74) is 3.12. The highest BCUT2D eigenvalue weighted by atomic mass is 19.1. The summed E-state index contributed by atoms with van der Waals surface area (Å²) in [5, 5.41) is 1.16. The highest BCUT2D eigenvalue weighted by molar-refractivity contribution is 5.86. The number of nitrogens with zero attached hydrogens (tertiary/aromatic N) is 2. The van der Waals surface area contributed by atoms with Crippen LogP contribution < -0.4 is 0 Å². The maximum Gasteiger partial charge on any atom is 0.242 e. The van der Waals surface area contributed by atoms with Gasteiger partial charge in [-0.25, -0.2) is 4.39 Å². The second-order valence-electron chi connectivity index (χ2n) is 12.1. The molecule has 228 valence electrons. The number of hydrogen-bond donors (Lipinski definition) is 1. The van der Waals surface area contributed by atoms with Crippen LogP contribution in [0.4, 0.5) is 4.39 Å². The maximum atomic E-state index is 13.7. The number of fused-ring (bicyclic) bond motifs is 1. The third-order valence-electron chi connectivity index (χ3n) is 8.57. The van der Waals surface area contributed by atoms with Crippen LogP contribution in [0.5, 0.6) is 0 Å². The number of aromatic amines is 1. The molecule has 1 aromatic heterocycles. The topological polar surface area (TPSA) is 56.4 Å². The van der Waals surface area contributed by atoms with Crippen molar-refractivity contribution in [2.75, 3.05) is 13.1 Å². The number of amides is 2.